The van der Waals surface area contributed by atoms with Crippen LogP contribution in [0.1, 0.15) is 31.4 Å². The molecule has 0 aliphatic carbocycles. The zero-order valence-corrected chi connectivity index (χ0v) is 13.5. The highest BCUT2D eigenvalue weighted by Gasteiger charge is 2.23. The van der Waals surface area contributed by atoms with E-state index in [2.05, 4.69) is 5.32 Å². The monoisotopic (exact) mass is 341 g/mol. The molecule has 1 aromatic rings. The molecule has 0 saturated carbocycles. The molecule has 8 nitrogen and oxygen atoms in total. The van der Waals surface area contributed by atoms with Crippen molar-refractivity contribution in [1.82, 2.24) is 5.32 Å². The van der Waals surface area contributed by atoms with Crippen molar-refractivity contribution in [3.8, 4) is 5.75 Å². The number of hydrogen-bond donors (Lipinski definition) is 4. The normalized spacial score (nSPS) is 11.8. The molecule has 0 heterocycles. The summed E-state index contributed by atoms with van der Waals surface area (Å²) in [7, 11) is 0. The maximum atomic E-state index is 11.6. The van der Waals surface area contributed by atoms with Gasteiger partial charge in [0.2, 0.25) is 0 Å². The van der Waals surface area contributed by atoms with Gasteiger partial charge in [0.1, 0.15) is 11.9 Å². The zero-order valence-electron chi connectivity index (χ0n) is 13.5. The van der Waals surface area contributed by atoms with Crippen molar-refractivity contribution in [1.29, 1.82) is 0 Å². The number of unbranched alkanes of at least 4 members (excludes halogenated alkanes) is 1. The molecule has 1 atom stereocenters. The van der Waals surface area contributed by atoms with Gasteiger partial charge in [0.25, 0.3) is 0 Å². The SMILES string of the molecule is CCCCOC(=O)NC(C(=O)O)c1ccc(OC(CO)CO)cc1. The second-order valence-corrected chi connectivity index (χ2v) is 5.08. The van der Waals surface area contributed by atoms with Gasteiger partial charge in [0, 0.05) is 0 Å². The molecule has 0 spiro atoms. The maximum Gasteiger partial charge on any atom is 0.408 e. The van der Waals surface area contributed by atoms with Gasteiger partial charge < -0.3 is 30.1 Å². The molecular weight excluding hydrogens is 318 g/mol. The van der Waals surface area contributed by atoms with Crippen LogP contribution in [0, 0.1) is 0 Å². The number of ether oxygens (including phenoxy) is 2. The number of carboxylic acids is 1. The van der Waals surface area contributed by atoms with Crippen molar-refractivity contribution in [2.24, 2.45) is 0 Å². The third-order valence-electron chi connectivity index (χ3n) is 3.16. The lowest BCUT2D eigenvalue weighted by Crippen LogP contribution is -2.34. The van der Waals surface area contributed by atoms with Gasteiger partial charge in [-0.05, 0) is 24.1 Å². The van der Waals surface area contributed by atoms with Crippen LogP contribution in [0.4, 0.5) is 4.79 Å². The fraction of sp³-hybridized carbons (Fsp3) is 0.500. The Hall–Kier alpha value is -2.32. The summed E-state index contributed by atoms with van der Waals surface area (Å²) in [6.07, 6.45) is 0.0167. The lowest BCUT2D eigenvalue weighted by molar-refractivity contribution is -0.139. The smallest absolute Gasteiger partial charge is 0.408 e. The van der Waals surface area contributed by atoms with E-state index in [-0.39, 0.29) is 19.8 Å². The first kappa shape index (κ1) is 19.7. The minimum atomic E-state index is -1.25. The van der Waals surface area contributed by atoms with E-state index in [9.17, 15) is 14.7 Å². The molecule has 8 heteroatoms. The summed E-state index contributed by atoms with van der Waals surface area (Å²) >= 11 is 0. The Kier molecular flexibility index (Phi) is 8.59. The van der Waals surface area contributed by atoms with Crippen LogP contribution in [0.15, 0.2) is 24.3 Å². The predicted octanol–water partition coefficient (Wildman–Crippen LogP) is 1.07. The van der Waals surface area contributed by atoms with Crippen LogP contribution < -0.4 is 10.1 Å². The molecule has 0 aromatic heterocycles. The summed E-state index contributed by atoms with van der Waals surface area (Å²) in [4.78, 5) is 23.0. The number of aliphatic hydroxyl groups excluding tert-OH is 2. The number of aliphatic carboxylic acids is 1. The Balaban J connectivity index is 2.71. The predicted molar refractivity (Wildman–Crippen MR) is 84.8 cm³/mol. The summed E-state index contributed by atoms with van der Waals surface area (Å²) in [5, 5.41) is 29.5. The average molecular weight is 341 g/mol. The molecule has 4 N–H and O–H groups in total. The number of rotatable bonds is 10. The highest BCUT2D eigenvalue weighted by Crippen LogP contribution is 2.19. The first-order valence-corrected chi connectivity index (χ1v) is 7.66. The Morgan fingerprint density at radius 1 is 1.17 bits per heavy atom. The second-order valence-electron chi connectivity index (χ2n) is 5.08. The molecule has 1 aromatic carbocycles. The molecule has 0 fully saturated rings. The summed E-state index contributed by atoms with van der Waals surface area (Å²) in [5.74, 6) is -0.860. The van der Waals surface area contributed by atoms with Gasteiger partial charge in [-0.25, -0.2) is 9.59 Å². The molecule has 1 unspecified atom stereocenters. The lowest BCUT2D eigenvalue weighted by Gasteiger charge is -2.17. The summed E-state index contributed by atoms with van der Waals surface area (Å²) < 4.78 is 10.2. The highest BCUT2D eigenvalue weighted by atomic mass is 16.5. The fourth-order valence-electron chi connectivity index (χ4n) is 1.82. The van der Waals surface area contributed by atoms with Crippen molar-refractivity contribution in [2.75, 3.05) is 19.8 Å². The van der Waals surface area contributed by atoms with E-state index in [1.165, 1.54) is 24.3 Å². The van der Waals surface area contributed by atoms with Crippen LogP contribution in [0.5, 0.6) is 5.75 Å². The van der Waals surface area contributed by atoms with Gasteiger partial charge in [-0.15, -0.1) is 0 Å². The molecule has 0 radical (unpaired) electrons. The number of hydrogen-bond acceptors (Lipinski definition) is 6. The largest absolute Gasteiger partial charge is 0.486 e. The fourth-order valence-corrected chi connectivity index (χ4v) is 1.82. The molecular formula is C16H23NO7. The summed E-state index contributed by atoms with van der Waals surface area (Å²) in [6, 6.07) is 4.69. The van der Waals surface area contributed by atoms with Crippen LogP contribution in [0.3, 0.4) is 0 Å². The Morgan fingerprint density at radius 2 is 1.79 bits per heavy atom. The number of carboxylic acid groups (broad SMARTS) is 1. The second kappa shape index (κ2) is 10.5. The summed E-state index contributed by atoms with van der Waals surface area (Å²) in [5.41, 5.74) is 0.340. The van der Waals surface area contributed by atoms with E-state index >= 15 is 0 Å². The van der Waals surface area contributed by atoms with Crippen LogP contribution in [-0.4, -0.2) is 53.3 Å². The van der Waals surface area contributed by atoms with Gasteiger partial charge in [-0.1, -0.05) is 25.5 Å². The Morgan fingerprint density at radius 3 is 2.29 bits per heavy atom. The minimum absolute atomic E-state index is 0.227. The highest BCUT2D eigenvalue weighted by molar-refractivity contribution is 5.81. The van der Waals surface area contributed by atoms with E-state index in [0.717, 1.165) is 6.42 Å². The van der Waals surface area contributed by atoms with E-state index < -0.39 is 24.2 Å². The van der Waals surface area contributed by atoms with E-state index in [0.29, 0.717) is 17.7 Å². The number of carbonyl (C=O) groups excluding carboxylic acids is 1. The van der Waals surface area contributed by atoms with Crippen molar-refractivity contribution < 1.29 is 34.4 Å². The quantitative estimate of drug-likeness (QED) is 0.469. The van der Waals surface area contributed by atoms with Crippen molar-refractivity contribution >= 4 is 12.1 Å². The van der Waals surface area contributed by atoms with Gasteiger partial charge in [-0.3, -0.25) is 0 Å². The number of amides is 1. The Labute approximate surface area is 140 Å². The topological polar surface area (TPSA) is 125 Å². The number of alkyl carbamates (subject to hydrolysis) is 1. The van der Waals surface area contributed by atoms with Crippen LogP contribution in [-0.2, 0) is 9.53 Å². The Bertz CT molecular complexity index is 514. The van der Waals surface area contributed by atoms with Gasteiger partial charge in [0.05, 0.1) is 19.8 Å². The van der Waals surface area contributed by atoms with Crippen molar-refractivity contribution in [3.05, 3.63) is 29.8 Å². The maximum absolute atomic E-state index is 11.6. The van der Waals surface area contributed by atoms with Gasteiger partial charge in [-0.2, -0.15) is 0 Å². The van der Waals surface area contributed by atoms with Gasteiger partial charge in [0.15, 0.2) is 6.04 Å². The molecule has 134 valence electrons. The molecule has 0 saturated heterocycles. The van der Waals surface area contributed by atoms with E-state index in [1.54, 1.807) is 0 Å². The molecule has 1 amide bonds. The van der Waals surface area contributed by atoms with E-state index in [1.807, 2.05) is 6.92 Å². The van der Waals surface area contributed by atoms with Crippen LogP contribution in [0.25, 0.3) is 0 Å². The standard InChI is InChI=1S/C16H23NO7/c1-2-3-8-23-16(22)17-14(15(20)21)11-4-6-12(7-5-11)24-13(9-18)10-19/h4-7,13-14,18-19H,2-3,8-10H2,1H3,(H,17,22)(H,20,21). The molecule has 0 aliphatic rings. The average Bonchev–Trinajstić information content (AvgIpc) is 2.58. The molecule has 0 aliphatic heterocycles. The zero-order chi connectivity index (χ0) is 17.9. The van der Waals surface area contributed by atoms with Crippen LogP contribution in [0.2, 0.25) is 0 Å². The third-order valence-corrected chi connectivity index (χ3v) is 3.16. The minimum Gasteiger partial charge on any atom is -0.486 e. The lowest BCUT2D eigenvalue weighted by atomic mass is 10.1. The van der Waals surface area contributed by atoms with Crippen LogP contribution >= 0.6 is 0 Å². The van der Waals surface area contributed by atoms with Gasteiger partial charge >= 0.3 is 12.1 Å². The number of aliphatic hydroxyl groups is 2. The first-order valence-electron chi connectivity index (χ1n) is 7.66. The molecule has 1 rings (SSSR count). The third kappa shape index (κ3) is 6.43. The number of benzene rings is 1. The van der Waals surface area contributed by atoms with Crippen molar-refractivity contribution in [3.63, 3.8) is 0 Å². The molecule has 24 heavy (non-hydrogen) atoms. The van der Waals surface area contributed by atoms with Crippen molar-refractivity contribution in [2.45, 2.75) is 31.9 Å². The number of carbonyl (C=O) groups is 2. The number of nitrogens with one attached hydrogen (secondary N) is 1. The first-order chi connectivity index (χ1) is 11.5. The summed E-state index contributed by atoms with van der Waals surface area (Å²) in [6.45, 7) is 1.48. The van der Waals surface area contributed by atoms with E-state index in [4.69, 9.17) is 19.7 Å². The molecule has 0 bridgehead atoms.